The molecule has 0 spiro atoms. The standard InChI is InChI=1S/C17H22N6O2/c18-3-1-2-4-24-5-6-25-16-8-12(7-15-14(16)11-21-22-15)13-9-17(19)23-20-10-13/h7-11H,1-6,18H2,(H2,19,23)(H,21,22). The number of fused-ring (bicyclic) bond motifs is 1. The van der Waals surface area contributed by atoms with E-state index in [-0.39, 0.29) is 0 Å². The molecule has 3 rings (SSSR count). The van der Waals surface area contributed by atoms with Crippen LogP contribution in [0.3, 0.4) is 0 Å². The van der Waals surface area contributed by atoms with Gasteiger partial charge in [0.25, 0.3) is 0 Å². The summed E-state index contributed by atoms with van der Waals surface area (Å²) in [6.07, 6.45) is 5.35. The summed E-state index contributed by atoms with van der Waals surface area (Å²) in [5.41, 5.74) is 13.9. The zero-order valence-corrected chi connectivity index (χ0v) is 13.9. The smallest absolute Gasteiger partial charge is 0.146 e. The minimum atomic E-state index is 0.371. The van der Waals surface area contributed by atoms with E-state index in [0.29, 0.717) is 32.2 Å². The number of nitrogens with two attached hydrogens (primary N) is 2. The highest BCUT2D eigenvalue weighted by Gasteiger charge is 2.09. The van der Waals surface area contributed by atoms with Gasteiger partial charge in [-0.05, 0) is 43.1 Å². The summed E-state index contributed by atoms with van der Waals surface area (Å²) in [5.74, 6) is 1.11. The van der Waals surface area contributed by atoms with Crippen LogP contribution in [0.4, 0.5) is 5.82 Å². The average molecular weight is 342 g/mol. The van der Waals surface area contributed by atoms with Crippen molar-refractivity contribution in [3.63, 3.8) is 0 Å². The van der Waals surface area contributed by atoms with Crippen LogP contribution in [-0.4, -0.2) is 46.8 Å². The van der Waals surface area contributed by atoms with Gasteiger partial charge in [-0.25, -0.2) is 0 Å². The second-order valence-corrected chi connectivity index (χ2v) is 5.63. The quantitative estimate of drug-likeness (QED) is 0.506. The van der Waals surface area contributed by atoms with E-state index in [9.17, 15) is 0 Å². The summed E-state index contributed by atoms with van der Waals surface area (Å²) in [4.78, 5) is 0. The maximum absolute atomic E-state index is 5.90. The fraction of sp³-hybridized carbons (Fsp3) is 0.353. The van der Waals surface area contributed by atoms with E-state index in [1.807, 2.05) is 12.1 Å². The second kappa shape index (κ2) is 8.41. The Bertz CT molecular complexity index is 820. The van der Waals surface area contributed by atoms with E-state index in [0.717, 1.165) is 40.6 Å². The normalized spacial score (nSPS) is 11.1. The molecule has 0 aliphatic rings. The van der Waals surface area contributed by atoms with Gasteiger partial charge in [-0.15, -0.1) is 5.10 Å². The maximum Gasteiger partial charge on any atom is 0.146 e. The van der Waals surface area contributed by atoms with E-state index in [1.165, 1.54) is 0 Å². The summed E-state index contributed by atoms with van der Waals surface area (Å²) in [6.45, 7) is 2.38. The van der Waals surface area contributed by atoms with Gasteiger partial charge in [0.2, 0.25) is 0 Å². The lowest BCUT2D eigenvalue weighted by Gasteiger charge is -2.10. The number of hydrogen-bond acceptors (Lipinski definition) is 7. The third-order valence-corrected chi connectivity index (χ3v) is 3.76. The van der Waals surface area contributed by atoms with Crippen LogP contribution in [0.5, 0.6) is 5.75 Å². The molecule has 0 bridgehead atoms. The highest BCUT2D eigenvalue weighted by atomic mass is 16.5. The van der Waals surface area contributed by atoms with Crippen LogP contribution in [-0.2, 0) is 4.74 Å². The molecule has 2 aromatic heterocycles. The predicted octanol–water partition coefficient (Wildman–Crippen LogP) is 1.74. The number of aromatic nitrogens is 4. The summed E-state index contributed by atoms with van der Waals surface area (Å²) in [5, 5.41) is 15.7. The first-order chi connectivity index (χ1) is 12.3. The molecule has 1 aromatic carbocycles. The van der Waals surface area contributed by atoms with Crippen molar-refractivity contribution in [1.29, 1.82) is 0 Å². The van der Waals surface area contributed by atoms with Gasteiger partial charge in [0.1, 0.15) is 18.2 Å². The number of unbranched alkanes of at least 4 members (excludes halogenated alkanes) is 1. The van der Waals surface area contributed by atoms with Crippen LogP contribution in [0, 0.1) is 0 Å². The zero-order valence-electron chi connectivity index (χ0n) is 13.9. The van der Waals surface area contributed by atoms with Crippen molar-refractivity contribution in [3.05, 3.63) is 30.6 Å². The molecule has 3 aromatic rings. The number of aromatic amines is 1. The Labute approximate surface area is 145 Å². The van der Waals surface area contributed by atoms with Gasteiger partial charge in [-0.3, -0.25) is 5.10 Å². The van der Waals surface area contributed by atoms with E-state index in [1.54, 1.807) is 18.5 Å². The summed E-state index contributed by atoms with van der Waals surface area (Å²) in [7, 11) is 0. The Kier molecular flexibility index (Phi) is 5.76. The van der Waals surface area contributed by atoms with Crippen molar-refractivity contribution in [3.8, 4) is 16.9 Å². The van der Waals surface area contributed by atoms with Crippen molar-refractivity contribution in [2.24, 2.45) is 5.73 Å². The first kappa shape index (κ1) is 17.1. The molecule has 25 heavy (non-hydrogen) atoms. The number of nitrogens with one attached hydrogen (secondary N) is 1. The number of nitrogens with zero attached hydrogens (tertiary/aromatic N) is 3. The molecule has 0 saturated carbocycles. The van der Waals surface area contributed by atoms with E-state index >= 15 is 0 Å². The molecule has 0 saturated heterocycles. The van der Waals surface area contributed by atoms with E-state index < -0.39 is 0 Å². The fourth-order valence-electron chi connectivity index (χ4n) is 2.51. The molecule has 0 aliphatic heterocycles. The molecule has 2 heterocycles. The van der Waals surface area contributed by atoms with E-state index in [2.05, 4.69) is 20.4 Å². The number of benzene rings is 1. The second-order valence-electron chi connectivity index (χ2n) is 5.63. The third kappa shape index (κ3) is 4.43. The van der Waals surface area contributed by atoms with Gasteiger partial charge in [0.15, 0.2) is 0 Å². The summed E-state index contributed by atoms with van der Waals surface area (Å²) in [6, 6.07) is 5.70. The van der Waals surface area contributed by atoms with Crippen molar-refractivity contribution >= 4 is 16.7 Å². The molecule has 132 valence electrons. The highest BCUT2D eigenvalue weighted by Crippen LogP contribution is 2.31. The number of anilines is 1. The molecule has 5 N–H and O–H groups in total. The summed E-state index contributed by atoms with van der Waals surface area (Å²) >= 11 is 0. The minimum absolute atomic E-state index is 0.371. The first-order valence-electron chi connectivity index (χ1n) is 8.24. The van der Waals surface area contributed by atoms with Crippen molar-refractivity contribution in [2.45, 2.75) is 12.8 Å². The number of H-pyrrole nitrogens is 1. The Morgan fingerprint density at radius 2 is 1.92 bits per heavy atom. The Morgan fingerprint density at radius 1 is 1.00 bits per heavy atom. The molecule has 0 fully saturated rings. The van der Waals surface area contributed by atoms with Crippen LogP contribution < -0.4 is 16.2 Å². The molecule has 8 nitrogen and oxygen atoms in total. The van der Waals surface area contributed by atoms with Gasteiger partial charge >= 0.3 is 0 Å². The van der Waals surface area contributed by atoms with Crippen LogP contribution in [0.15, 0.2) is 30.6 Å². The molecule has 0 radical (unpaired) electrons. The molecule has 8 heteroatoms. The molecule has 0 unspecified atom stereocenters. The van der Waals surface area contributed by atoms with Crippen molar-refractivity contribution < 1.29 is 9.47 Å². The zero-order chi connectivity index (χ0) is 17.5. The van der Waals surface area contributed by atoms with Gasteiger partial charge < -0.3 is 20.9 Å². The Hall–Kier alpha value is -2.71. The molecular weight excluding hydrogens is 320 g/mol. The van der Waals surface area contributed by atoms with Crippen molar-refractivity contribution in [2.75, 3.05) is 32.1 Å². The van der Waals surface area contributed by atoms with Crippen LogP contribution in [0.1, 0.15) is 12.8 Å². The van der Waals surface area contributed by atoms with Crippen LogP contribution >= 0.6 is 0 Å². The lowest BCUT2D eigenvalue weighted by molar-refractivity contribution is 0.0982. The molecule has 0 amide bonds. The first-order valence-corrected chi connectivity index (χ1v) is 8.24. The molecule has 0 atom stereocenters. The average Bonchev–Trinajstić information content (AvgIpc) is 3.09. The van der Waals surface area contributed by atoms with Crippen LogP contribution in [0.2, 0.25) is 0 Å². The number of nitrogen functional groups attached to an aromatic ring is 1. The van der Waals surface area contributed by atoms with Crippen LogP contribution in [0.25, 0.3) is 22.0 Å². The van der Waals surface area contributed by atoms with Gasteiger partial charge in [0, 0.05) is 12.2 Å². The summed E-state index contributed by atoms with van der Waals surface area (Å²) < 4.78 is 11.4. The molecular formula is C17H22N6O2. The Balaban J connectivity index is 1.70. The topological polar surface area (TPSA) is 125 Å². The lowest BCUT2D eigenvalue weighted by Crippen LogP contribution is -2.09. The highest BCUT2D eigenvalue weighted by molar-refractivity contribution is 5.89. The minimum Gasteiger partial charge on any atom is -0.490 e. The van der Waals surface area contributed by atoms with E-state index in [4.69, 9.17) is 20.9 Å². The van der Waals surface area contributed by atoms with Crippen molar-refractivity contribution in [1.82, 2.24) is 20.4 Å². The van der Waals surface area contributed by atoms with Gasteiger partial charge in [0.05, 0.1) is 29.9 Å². The molecule has 0 aliphatic carbocycles. The number of ether oxygens (including phenoxy) is 2. The SMILES string of the molecule is NCCCCOCCOc1cc(-c2cnnc(N)c2)cc2[nH]ncc12. The fourth-order valence-corrected chi connectivity index (χ4v) is 2.51. The predicted molar refractivity (Wildman–Crippen MR) is 96.1 cm³/mol. The number of rotatable bonds is 9. The third-order valence-electron chi connectivity index (χ3n) is 3.76. The largest absolute Gasteiger partial charge is 0.490 e. The lowest BCUT2D eigenvalue weighted by atomic mass is 10.1. The van der Waals surface area contributed by atoms with Gasteiger partial charge in [-0.1, -0.05) is 0 Å². The Morgan fingerprint density at radius 3 is 2.76 bits per heavy atom. The van der Waals surface area contributed by atoms with Gasteiger partial charge in [-0.2, -0.15) is 10.2 Å². The monoisotopic (exact) mass is 342 g/mol. The maximum atomic E-state index is 5.90. The number of hydrogen-bond donors (Lipinski definition) is 3.